The fourth-order valence-corrected chi connectivity index (χ4v) is 2.93. The van der Waals surface area contributed by atoms with E-state index in [-0.39, 0.29) is 30.6 Å². The third kappa shape index (κ3) is 4.01. The van der Waals surface area contributed by atoms with Crippen molar-refractivity contribution in [3.05, 3.63) is 23.8 Å². The largest absolute Gasteiger partial charge is 0.482 e. The van der Waals surface area contributed by atoms with Gasteiger partial charge in [-0.05, 0) is 43.9 Å². The van der Waals surface area contributed by atoms with Crippen molar-refractivity contribution >= 4 is 17.5 Å². The van der Waals surface area contributed by atoms with Crippen LogP contribution in [0.25, 0.3) is 0 Å². The lowest BCUT2D eigenvalue weighted by Gasteiger charge is -2.21. The molecule has 0 spiro atoms. The summed E-state index contributed by atoms with van der Waals surface area (Å²) < 4.78 is 10.9. The summed E-state index contributed by atoms with van der Waals surface area (Å²) in [7, 11) is 0. The number of amides is 2. The summed E-state index contributed by atoms with van der Waals surface area (Å²) in [6.45, 7) is 2.78. The van der Waals surface area contributed by atoms with Crippen molar-refractivity contribution in [3.63, 3.8) is 0 Å². The number of hydrogen-bond donors (Lipinski definition) is 2. The van der Waals surface area contributed by atoms with E-state index in [1.807, 2.05) is 25.1 Å². The molecule has 1 aromatic carbocycles. The molecule has 2 amide bonds. The molecule has 2 aliphatic rings. The van der Waals surface area contributed by atoms with E-state index in [4.69, 9.17) is 9.47 Å². The van der Waals surface area contributed by atoms with Crippen molar-refractivity contribution < 1.29 is 19.1 Å². The fraction of sp³-hybridized carbons (Fsp3) is 0.529. The van der Waals surface area contributed by atoms with Crippen LogP contribution in [0.3, 0.4) is 0 Å². The average Bonchev–Trinajstić information content (AvgIpc) is 3.05. The summed E-state index contributed by atoms with van der Waals surface area (Å²) in [4.78, 5) is 23.4. The minimum Gasteiger partial charge on any atom is -0.482 e. The number of carbonyl (C=O) groups excluding carboxylic acids is 2. The van der Waals surface area contributed by atoms with Gasteiger partial charge in [-0.1, -0.05) is 6.07 Å². The van der Waals surface area contributed by atoms with E-state index >= 15 is 0 Å². The zero-order valence-electron chi connectivity index (χ0n) is 13.3. The van der Waals surface area contributed by atoms with Crippen LogP contribution >= 0.6 is 0 Å². The van der Waals surface area contributed by atoms with Crippen molar-refractivity contribution in [1.29, 1.82) is 0 Å². The zero-order chi connectivity index (χ0) is 16.2. The van der Waals surface area contributed by atoms with Crippen LogP contribution in [-0.2, 0) is 14.3 Å². The van der Waals surface area contributed by atoms with Crippen LogP contribution in [0.2, 0.25) is 0 Å². The highest BCUT2D eigenvalue weighted by atomic mass is 16.5. The molecule has 2 N–H and O–H groups in total. The Hall–Kier alpha value is -2.08. The van der Waals surface area contributed by atoms with E-state index in [2.05, 4.69) is 10.6 Å². The molecule has 6 nitrogen and oxygen atoms in total. The molecule has 2 heterocycles. The Morgan fingerprint density at radius 2 is 2.35 bits per heavy atom. The van der Waals surface area contributed by atoms with Crippen molar-refractivity contribution in [1.82, 2.24) is 5.32 Å². The number of anilines is 1. The monoisotopic (exact) mass is 318 g/mol. The number of carbonyl (C=O) groups is 2. The third-order valence-electron chi connectivity index (χ3n) is 4.23. The van der Waals surface area contributed by atoms with Gasteiger partial charge in [0.25, 0.3) is 5.91 Å². The van der Waals surface area contributed by atoms with Crippen LogP contribution in [0.15, 0.2) is 18.2 Å². The van der Waals surface area contributed by atoms with Crippen LogP contribution in [0.1, 0.15) is 44.2 Å². The first kappa shape index (κ1) is 15.8. The van der Waals surface area contributed by atoms with Crippen molar-refractivity contribution in [3.8, 4) is 5.75 Å². The van der Waals surface area contributed by atoms with Crippen molar-refractivity contribution in [2.75, 3.05) is 18.5 Å². The highest BCUT2D eigenvalue weighted by Gasteiger charge is 2.20. The van der Waals surface area contributed by atoms with Crippen LogP contribution < -0.4 is 15.4 Å². The van der Waals surface area contributed by atoms with Gasteiger partial charge in [0.15, 0.2) is 6.61 Å². The molecule has 2 aliphatic heterocycles. The molecule has 6 heteroatoms. The molecule has 0 bridgehead atoms. The molecule has 2 atom stereocenters. The molecule has 1 saturated heterocycles. The van der Waals surface area contributed by atoms with Gasteiger partial charge < -0.3 is 20.1 Å². The normalized spacial score (nSPS) is 21.1. The van der Waals surface area contributed by atoms with E-state index in [9.17, 15) is 9.59 Å². The maximum Gasteiger partial charge on any atom is 0.262 e. The van der Waals surface area contributed by atoms with Gasteiger partial charge in [0, 0.05) is 13.0 Å². The Morgan fingerprint density at radius 3 is 3.13 bits per heavy atom. The summed E-state index contributed by atoms with van der Waals surface area (Å²) in [5.74, 6) is 0.513. The Labute approximate surface area is 135 Å². The van der Waals surface area contributed by atoms with Crippen LogP contribution in [0.5, 0.6) is 5.75 Å². The van der Waals surface area contributed by atoms with Gasteiger partial charge in [-0.15, -0.1) is 0 Å². The molecule has 1 fully saturated rings. The molecule has 0 aromatic heterocycles. The Balaban J connectivity index is 1.55. The van der Waals surface area contributed by atoms with Crippen molar-refractivity contribution in [2.24, 2.45) is 0 Å². The first-order chi connectivity index (χ1) is 11.1. The molecule has 124 valence electrons. The summed E-state index contributed by atoms with van der Waals surface area (Å²) >= 11 is 0. The second kappa shape index (κ2) is 7.00. The molecule has 0 saturated carbocycles. The molecular weight excluding hydrogens is 296 g/mol. The van der Waals surface area contributed by atoms with Gasteiger partial charge in [0.2, 0.25) is 5.91 Å². The maximum absolute atomic E-state index is 12.1. The summed E-state index contributed by atoms with van der Waals surface area (Å²) in [5.41, 5.74) is 1.58. The lowest BCUT2D eigenvalue weighted by Crippen LogP contribution is -2.28. The molecule has 0 aliphatic carbocycles. The Morgan fingerprint density at radius 1 is 1.48 bits per heavy atom. The second-order valence-corrected chi connectivity index (χ2v) is 6.06. The molecule has 0 radical (unpaired) electrons. The van der Waals surface area contributed by atoms with Gasteiger partial charge in [0.05, 0.1) is 17.8 Å². The number of benzene rings is 1. The topological polar surface area (TPSA) is 76.7 Å². The minimum atomic E-state index is -0.164. The van der Waals surface area contributed by atoms with Gasteiger partial charge in [-0.2, -0.15) is 0 Å². The number of ether oxygens (including phenoxy) is 2. The van der Waals surface area contributed by atoms with Gasteiger partial charge in [-0.3, -0.25) is 9.59 Å². The Bertz CT molecular complexity index is 596. The minimum absolute atomic E-state index is 0.0195. The highest BCUT2D eigenvalue weighted by molar-refractivity contribution is 5.95. The molecular formula is C17H22N2O4. The predicted octanol–water partition coefficient (Wildman–Crippen LogP) is 2.15. The van der Waals surface area contributed by atoms with E-state index in [1.54, 1.807) is 0 Å². The van der Waals surface area contributed by atoms with Gasteiger partial charge in [-0.25, -0.2) is 0 Å². The second-order valence-electron chi connectivity index (χ2n) is 6.06. The summed E-state index contributed by atoms with van der Waals surface area (Å²) in [6.07, 6.45) is 3.61. The Kier molecular flexibility index (Phi) is 4.81. The SMILES string of the molecule is C[C@H](NC(=O)CC[C@@H]1CCCO1)c1ccc2c(c1)NC(=O)CO2. The van der Waals surface area contributed by atoms with Gasteiger partial charge in [0.1, 0.15) is 5.75 Å². The number of hydrogen-bond acceptors (Lipinski definition) is 4. The standard InChI is InChI=1S/C17H22N2O4/c1-11(18-16(20)7-5-13-3-2-8-22-13)12-4-6-15-14(9-12)19-17(21)10-23-15/h4,6,9,11,13H,2-3,5,7-8,10H2,1H3,(H,18,20)(H,19,21)/t11-,13-/m0/s1. The number of nitrogens with one attached hydrogen (secondary N) is 2. The molecule has 3 rings (SSSR count). The van der Waals surface area contributed by atoms with Crippen LogP contribution in [0.4, 0.5) is 5.69 Å². The fourth-order valence-electron chi connectivity index (χ4n) is 2.93. The first-order valence-electron chi connectivity index (χ1n) is 8.09. The lowest BCUT2D eigenvalue weighted by atomic mass is 10.1. The van der Waals surface area contributed by atoms with E-state index < -0.39 is 0 Å². The highest BCUT2D eigenvalue weighted by Crippen LogP contribution is 2.30. The molecule has 23 heavy (non-hydrogen) atoms. The first-order valence-corrected chi connectivity index (χ1v) is 8.09. The molecule has 0 unspecified atom stereocenters. The average molecular weight is 318 g/mol. The van der Waals surface area contributed by atoms with Crippen molar-refractivity contribution in [2.45, 2.75) is 44.8 Å². The summed E-state index contributed by atoms with van der Waals surface area (Å²) in [5, 5.41) is 5.77. The van der Waals surface area contributed by atoms with Crippen LogP contribution in [0, 0.1) is 0 Å². The molecule has 1 aromatic rings. The number of rotatable bonds is 5. The van der Waals surface area contributed by atoms with E-state index in [1.165, 1.54) is 0 Å². The van der Waals surface area contributed by atoms with Gasteiger partial charge >= 0.3 is 0 Å². The third-order valence-corrected chi connectivity index (χ3v) is 4.23. The predicted molar refractivity (Wildman–Crippen MR) is 85.3 cm³/mol. The maximum atomic E-state index is 12.1. The van der Waals surface area contributed by atoms with E-state index in [0.717, 1.165) is 31.4 Å². The van der Waals surface area contributed by atoms with E-state index in [0.29, 0.717) is 17.9 Å². The summed E-state index contributed by atoms with van der Waals surface area (Å²) in [6, 6.07) is 5.44. The quantitative estimate of drug-likeness (QED) is 0.872. The smallest absolute Gasteiger partial charge is 0.262 e. The zero-order valence-corrected chi connectivity index (χ0v) is 13.3. The number of fused-ring (bicyclic) bond motifs is 1. The van der Waals surface area contributed by atoms with Crippen LogP contribution in [-0.4, -0.2) is 31.1 Å². The lowest BCUT2D eigenvalue weighted by molar-refractivity contribution is -0.122.